The largest absolute Gasteiger partial charge is 0.508 e. The maximum Gasteiger partial charge on any atom is 0.160 e. The summed E-state index contributed by atoms with van der Waals surface area (Å²) in [6, 6.07) is 17.8. The van der Waals surface area contributed by atoms with Crippen molar-refractivity contribution < 1.29 is 19.0 Å². The Kier molecular flexibility index (Phi) is 4.89. The topological polar surface area (TPSA) is 38.7 Å². The van der Waals surface area contributed by atoms with E-state index in [9.17, 15) is 9.50 Å². The molecule has 0 amide bonds. The van der Waals surface area contributed by atoms with E-state index in [-0.39, 0.29) is 17.7 Å². The van der Waals surface area contributed by atoms with Gasteiger partial charge in [-0.2, -0.15) is 0 Å². The first-order chi connectivity index (χ1) is 12.1. The average molecular weight is 338 g/mol. The minimum atomic E-state index is -0.436. The molecule has 0 aliphatic heterocycles. The Labute approximate surface area is 146 Å². The molecule has 0 unspecified atom stereocenters. The number of hydrogen-bond donors (Lipinski definition) is 1. The summed E-state index contributed by atoms with van der Waals surface area (Å²) < 4.78 is 25.1. The fourth-order valence-electron chi connectivity index (χ4n) is 2.79. The molecule has 4 heteroatoms. The van der Waals surface area contributed by atoms with Gasteiger partial charge in [-0.15, -0.1) is 0 Å². The second-order valence-corrected chi connectivity index (χ2v) is 5.69. The van der Waals surface area contributed by atoms with Gasteiger partial charge in [-0.3, -0.25) is 0 Å². The van der Waals surface area contributed by atoms with Crippen LogP contribution in [-0.4, -0.2) is 19.3 Å². The highest BCUT2D eigenvalue weighted by atomic mass is 19.1. The molecule has 0 radical (unpaired) electrons. The van der Waals surface area contributed by atoms with Crippen LogP contribution in [-0.2, 0) is 6.42 Å². The van der Waals surface area contributed by atoms with Crippen LogP contribution in [0.5, 0.6) is 17.2 Å². The van der Waals surface area contributed by atoms with Gasteiger partial charge >= 0.3 is 0 Å². The molecule has 0 heterocycles. The Morgan fingerprint density at radius 1 is 0.840 bits per heavy atom. The van der Waals surface area contributed by atoms with Gasteiger partial charge in [0.05, 0.1) is 14.2 Å². The van der Waals surface area contributed by atoms with Gasteiger partial charge in [0.1, 0.15) is 11.6 Å². The summed E-state index contributed by atoms with van der Waals surface area (Å²) in [6.45, 7) is 0. The van der Waals surface area contributed by atoms with E-state index in [2.05, 4.69) is 0 Å². The normalized spacial score (nSPS) is 10.5. The van der Waals surface area contributed by atoms with Crippen LogP contribution >= 0.6 is 0 Å². The Balaban J connectivity index is 1.93. The van der Waals surface area contributed by atoms with E-state index in [1.165, 1.54) is 6.07 Å². The standard InChI is InChI=1S/C21H19FO3/c1-24-20-9-8-14(11-21(20)25-2)10-17-18(22)12-16(13-19(17)23)15-6-4-3-5-7-15/h3-9,11-13,23H,10H2,1-2H3. The SMILES string of the molecule is COc1ccc(Cc2c(O)cc(-c3ccccc3)cc2F)cc1OC. The minimum Gasteiger partial charge on any atom is -0.508 e. The van der Waals surface area contributed by atoms with Crippen molar-refractivity contribution in [2.75, 3.05) is 14.2 Å². The molecule has 0 saturated heterocycles. The molecule has 0 aromatic heterocycles. The van der Waals surface area contributed by atoms with Crippen molar-refractivity contribution in [2.45, 2.75) is 6.42 Å². The van der Waals surface area contributed by atoms with E-state index in [0.717, 1.165) is 11.1 Å². The number of hydrogen-bond acceptors (Lipinski definition) is 3. The number of rotatable bonds is 5. The van der Waals surface area contributed by atoms with E-state index in [4.69, 9.17) is 9.47 Å². The molecule has 0 atom stereocenters. The van der Waals surface area contributed by atoms with Crippen molar-refractivity contribution in [1.29, 1.82) is 0 Å². The highest BCUT2D eigenvalue weighted by Crippen LogP contribution is 2.33. The van der Waals surface area contributed by atoms with Gasteiger partial charge in [0, 0.05) is 12.0 Å². The lowest BCUT2D eigenvalue weighted by atomic mass is 9.98. The Hall–Kier alpha value is -3.01. The lowest BCUT2D eigenvalue weighted by molar-refractivity contribution is 0.354. The molecule has 3 aromatic carbocycles. The molecule has 0 spiro atoms. The van der Waals surface area contributed by atoms with Crippen LogP contribution in [0.3, 0.4) is 0 Å². The fraction of sp³-hybridized carbons (Fsp3) is 0.143. The first-order valence-electron chi connectivity index (χ1n) is 7.90. The van der Waals surface area contributed by atoms with E-state index in [0.29, 0.717) is 17.1 Å². The van der Waals surface area contributed by atoms with Gasteiger partial charge in [-0.25, -0.2) is 4.39 Å². The van der Waals surface area contributed by atoms with Crippen molar-refractivity contribution >= 4 is 0 Å². The second-order valence-electron chi connectivity index (χ2n) is 5.69. The predicted molar refractivity (Wildman–Crippen MR) is 95.9 cm³/mol. The summed E-state index contributed by atoms with van der Waals surface area (Å²) in [5.41, 5.74) is 2.58. The maximum absolute atomic E-state index is 14.6. The van der Waals surface area contributed by atoms with Gasteiger partial charge in [-0.05, 0) is 41.0 Å². The summed E-state index contributed by atoms with van der Waals surface area (Å²) in [5.74, 6) is 0.679. The van der Waals surface area contributed by atoms with Gasteiger partial charge in [-0.1, -0.05) is 36.4 Å². The number of halogens is 1. The molecular formula is C21H19FO3. The van der Waals surface area contributed by atoms with Crippen molar-refractivity contribution in [3.05, 3.63) is 77.6 Å². The minimum absolute atomic E-state index is 0.0614. The third-order valence-electron chi connectivity index (χ3n) is 4.11. The molecule has 0 aliphatic carbocycles. The van der Waals surface area contributed by atoms with Crippen LogP contribution in [0, 0.1) is 5.82 Å². The smallest absolute Gasteiger partial charge is 0.160 e. The molecule has 0 saturated carbocycles. The summed E-state index contributed by atoms with van der Waals surface area (Å²) in [7, 11) is 3.11. The number of phenols is 1. The first-order valence-corrected chi connectivity index (χ1v) is 7.90. The first kappa shape index (κ1) is 16.8. The zero-order valence-corrected chi connectivity index (χ0v) is 14.1. The van der Waals surface area contributed by atoms with Gasteiger partial charge in [0.15, 0.2) is 11.5 Å². The van der Waals surface area contributed by atoms with E-state index in [1.807, 2.05) is 36.4 Å². The van der Waals surface area contributed by atoms with E-state index >= 15 is 0 Å². The third kappa shape index (κ3) is 3.58. The van der Waals surface area contributed by atoms with Gasteiger partial charge < -0.3 is 14.6 Å². The number of phenolic OH excluding ortho intramolecular Hbond substituents is 1. The van der Waals surface area contributed by atoms with Crippen LogP contribution in [0.2, 0.25) is 0 Å². The lowest BCUT2D eigenvalue weighted by Gasteiger charge is -2.12. The van der Waals surface area contributed by atoms with E-state index < -0.39 is 5.82 Å². The van der Waals surface area contributed by atoms with Gasteiger partial charge in [0.25, 0.3) is 0 Å². The third-order valence-corrected chi connectivity index (χ3v) is 4.11. The molecule has 0 aliphatic rings. The molecule has 3 aromatic rings. The summed E-state index contributed by atoms with van der Waals surface area (Å²) in [4.78, 5) is 0. The van der Waals surface area contributed by atoms with Gasteiger partial charge in [0.2, 0.25) is 0 Å². The molecule has 0 bridgehead atoms. The number of benzene rings is 3. The van der Waals surface area contributed by atoms with Crippen LogP contribution in [0.25, 0.3) is 11.1 Å². The zero-order chi connectivity index (χ0) is 17.8. The summed E-state index contributed by atoms with van der Waals surface area (Å²) in [5, 5.41) is 10.3. The molecule has 128 valence electrons. The van der Waals surface area contributed by atoms with E-state index in [1.54, 1.807) is 32.4 Å². The van der Waals surface area contributed by atoms with Crippen molar-refractivity contribution in [2.24, 2.45) is 0 Å². The quantitative estimate of drug-likeness (QED) is 0.726. The summed E-state index contributed by atoms with van der Waals surface area (Å²) in [6.07, 6.45) is 0.257. The molecule has 3 nitrogen and oxygen atoms in total. The fourth-order valence-corrected chi connectivity index (χ4v) is 2.79. The predicted octanol–water partition coefficient (Wildman–Crippen LogP) is 4.81. The van der Waals surface area contributed by atoms with Crippen molar-refractivity contribution in [3.63, 3.8) is 0 Å². The molecular weight excluding hydrogens is 319 g/mol. The summed E-state index contributed by atoms with van der Waals surface area (Å²) >= 11 is 0. The highest BCUT2D eigenvalue weighted by molar-refractivity contribution is 5.66. The Morgan fingerprint density at radius 3 is 2.20 bits per heavy atom. The van der Waals surface area contributed by atoms with Crippen molar-refractivity contribution in [3.8, 4) is 28.4 Å². The average Bonchev–Trinajstić information content (AvgIpc) is 2.65. The Bertz CT molecular complexity index is 853. The zero-order valence-electron chi connectivity index (χ0n) is 14.1. The number of aromatic hydroxyl groups is 1. The molecule has 0 fully saturated rings. The lowest BCUT2D eigenvalue weighted by Crippen LogP contribution is -1.97. The van der Waals surface area contributed by atoms with Crippen LogP contribution in [0.1, 0.15) is 11.1 Å². The van der Waals surface area contributed by atoms with Crippen LogP contribution < -0.4 is 9.47 Å². The second kappa shape index (κ2) is 7.26. The monoisotopic (exact) mass is 338 g/mol. The Morgan fingerprint density at radius 2 is 1.56 bits per heavy atom. The molecule has 1 N–H and O–H groups in total. The molecule has 25 heavy (non-hydrogen) atoms. The van der Waals surface area contributed by atoms with Crippen LogP contribution in [0.15, 0.2) is 60.7 Å². The molecule has 3 rings (SSSR count). The van der Waals surface area contributed by atoms with Crippen LogP contribution in [0.4, 0.5) is 4.39 Å². The number of ether oxygens (including phenoxy) is 2. The maximum atomic E-state index is 14.6. The highest BCUT2D eigenvalue weighted by Gasteiger charge is 2.14. The van der Waals surface area contributed by atoms with Crippen molar-refractivity contribution in [1.82, 2.24) is 0 Å². The number of methoxy groups -OCH3 is 2.